The Kier molecular flexibility index (Phi) is 4.79. The zero-order valence-corrected chi connectivity index (χ0v) is 21.0. The van der Waals surface area contributed by atoms with E-state index in [9.17, 15) is 0 Å². The molecule has 0 aliphatic heterocycles. The molecule has 4 heteroatoms. The van der Waals surface area contributed by atoms with Crippen molar-refractivity contribution in [2.45, 2.75) is 0 Å². The zero-order chi connectivity index (χ0) is 25.8. The molecule has 8 rings (SSSR count). The van der Waals surface area contributed by atoms with Crippen molar-refractivity contribution in [3.05, 3.63) is 134 Å². The molecule has 182 valence electrons. The van der Waals surface area contributed by atoms with Crippen LogP contribution in [0.1, 0.15) is 0 Å². The first-order valence-electron chi connectivity index (χ1n) is 13.1. The van der Waals surface area contributed by atoms with Crippen LogP contribution in [0.15, 0.2) is 134 Å². The van der Waals surface area contributed by atoms with Crippen LogP contribution in [-0.2, 0) is 0 Å². The number of hydrogen-bond donors (Lipinski definition) is 0. The molecule has 2 aromatic heterocycles. The second kappa shape index (κ2) is 8.61. The van der Waals surface area contributed by atoms with Gasteiger partial charge in [-0.3, -0.25) is 4.98 Å². The van der Waals surface area contributed by atoms with Gasteiger partial charge in [-0.25, -0.2) is 0 Å². The summed E-state index contributed by atoms with van der Waals surface area (Å²) in [4.78, 5) is 5.85. The molecule has 0 radical (unpaired) electrons. The van der Waals surface area contributed by atoms with E-state index in [1.165, 1.54) is 38.2 Å². The Labute approximate surface area is 224 Å². The number of aromatic nitrogens is 4. The van der Waals surface area contributed by atoms with Gasteiger partial charge in [-0.2, -0.15) is 4.80 Å². The number of fused-ring (bicyclic) bond motifs is 5. The third kappa shape index (κ3) is 3.35. The van der Waals surface area contributed by atoms with Gasteiger partial charge in [0.1, 0.15) is 11.0 Å². The second-order valence-electron chi connectivity index (χ2n) is 9.74. The van der Waals surface area contributed by atoms with Gasteiger partial charge in [-0.15, -0.1) is 10.2 Å². The molecule has 0 atom stereocenters. The van der Waals surface area contributed by atoms with Gasteiger partial charge in [0.15, 0.2) is 0 Å². The smallest absolute Gasteiger partial charge is 0.121 e. The van der Waals surface area contributed by atoms with Crippen molar-refractivity contribution < 1.29 is 0 Å². The van der Waals surface area contributed by atoms with E-state index >= 15 is 0 Å². The maximum Gasteiger partial charge on any atom is 0.121 e. The minimum absolute atomic E-state index is 0.862. The van der Waals surface area contributed by atoms with E-state index in [1.54, 1.807) is 17.2 Å². The number of nitrogens with zero attached hydrogens (tertiary/aromatic N) is 4. The molecule has 0 unspecified atom stereocenters. The average Bonchev–Trinajstić information content (AvgIpc) is 3.45. The van der Waals surface area contributed by atoms with Crippen molar-refractivity contribution in [3.63, 3.8) is 0 Å². The Morgan fingerprint density at radius 2 is 1.00 bits per heavy atom. The standard InChI is InChI=1S/C35H22N4/c1-2-10-23(11-3-1)33-26-13-5-7-15-28(26)34(29-16-8-6-14-27(29)33)31-22-32-35(30-17-9-4-12-25(30)31)38-39(37-32)24-18-20-36-21-19-24/h1-22H. The molecule has 0 aliphatic rings. The van der Waals surface area contributed by atoms with E-state index < -0.39 is 0 Å². The molecular weight excluding hydrogens is 476 g/mol. The number of hydrogen-bond acceptors (Lipinski definition) is 3. The highest BCUT2D eigenvalue weighted by Crippen LogP contribution is 2.46. The summed E-state index contributed by atoms with van der Waals surface area (Å²) in [6.07, 6.45) is 3.53. The monoisotopic (exact) mass is 498 g/mol. The lowest BCUT2D eigenvalue weighted by Gasteiger charge is -2.18. The Balaban J connectivity index is 1.52. The minimum atomic E-state index is 0.862. The molecule has 4 nitrogen and oxygen atoms in total. The summed E-state index contributed by atoms with van der Waals surface area (Å²) in [6.45, 7) is 0. The van der Waals surface area contributed by atoms with Crippen LogP contribution in [0.5, 0.6) is 0 Å². The lowest BCUT2D eigenvalue weighted by molar-refractivity contribution is 0.764. The predicted molar refractivity (Wildman–Crippen MR) is 160 cm³/mol. The average molecular weight is 499 g/mol. The topological polar surface area (TPSA) is 43.6 Å². The van der Waals surface area contributed by atoms with E-state index in [0.717, 1.165) is 33.1 Å². The van der Waals surface area contributed by atoms with Crippen molar-refractivity contribution in [2.24, 2.45) is 0 Å². The van der Waals surface area contributed by atoms with E-state index in [4.69, 9.17) is 10.2 Å². The maximum atomic E-state index is 4.92. The third-order valence-electron chi connectivity index (χ3n) is 7.55. The van der Waals surface area contributed by atoms with Crippen LogP contribution in [0.25, 0.3) is 71.3 Å². The first-order chi connectivity index (χ1) is 19.4. The predicted octanol–water partition coefficient (Wildman–Crippen LogP) is 8.61. The van der Waals surface area contributed by atoms with Crippen LogP contribution in [0.4, 0.5) is 0 Å². The van der Waals surface area contributed by atoms with E-state index in [0.29, 0.717) is 0 Å². The molecule has 6 aromatic carbocycles. The summed E-state index contributed by atoms with van der Waals surface area (Å²) in [5.41, 5.74) is 7.50. The highest BCUT2D eigenvalue weighted by Gasteiger charge is 2.20. The Hall–Kier alpha value is -5.35. The molecule has 0 N–H and O–H groups in total. The number of benzene rings is 6. The third-order valence-corrected chi connectivity index (χ3v) is 7.55. The maximum absolute atomic E-state index is 4.92. The summed E-state index contributed by atoms with van der Waals surface area (Å²) in [5, 5.41) is 17.0. The first-order valence-corrected chi connectivity index (χ1v) is 13.1. The summed E-state index contributed by atoms with van der Waals surface area (Å²) < 4.78 is 0. The number of pyridine rings is 1. The van der Waals surface area contributed by atoms with Crippen molar-refractivity contribution in [1.29, 1.82) is 0 Å². The molecule has 0 saturated heterocycles. The van der Waals surface area contributed by atoms with Crippen LogP contribution < -0.4 is 0 Å². The molecule has 0 fully saturated rings. The van der Waals surface area contributed by atoms with Crippen LogP contribution in [-0.4, -0.2) is 20.0 Å². The van der Waals surface area contributed by atoms with Crippen LogP contribution in [0, 0.1) is 0 Å². The van der Waals surface area contributed by atoms with E-state index in [2.05, 4.69) is 114 Å². The lowest BCUT2D eigenvalue weighted by atomic mass is 9.84. The van der Waals surface area contributed by atoms with Crippen LogP contribution in [0.3, 0.4) is 0 Å². The van der Waals surface area contributed by atoms with Crippen molar-refractivity contribution in [1.82, 2.24) is 20.0 Å². The first kappa shape index (κ1) is 21.7. The van der Waals surface area contributed by atoms with Crippen molar-refractivity contribution in [2.75, 3.05) is 0 Å². The van der Waals surface area contributed by atoms with E-state index in [1.807, 2.05) is 12.1 Å². The summed E-state index contributed by atoms with van der Waals surface area (Å²) >= 11 is 0. The molecule has 2 heterocycles. The van der Waals surface area contributed by atoms with Gasteiger partial charge < -0.3 is 0 Å². The highest BCUT2D eigenvalue weighted by molar-refractivity contribution is 6.25. The molecule has 0 bridgehead atoms. The summed E-state index contributed by atoms with van der Waals surface area (Å²) in [7, 11) is 0. The molecule has 8 aromatic rings. The fraction of sp³-hybridized carbons (Fsp3) is 0. The summed E-state index contributed by atoms with van der Waals surface area (Å²) in [5.74, 6) is 0. The molecule has 0 saturated carbocycles. The highest BCUT2D eigenvalue weighted by atomic mass is 15.5. The normalized spacial score (nSPS) is 11.6. The van der Waals surface area contributed by atoms with E-state index in [-0.39, 0.29) is 0 Å². The molecular formula is C35H22N4. The van der Waals surface area contributed by atoms with Crippen LogP contribution >= 0.6 is 0 Å². The molecule has 0 aliphatic carbocycles. The van der Waals surface area contributed by atoms with Gasteiger partial charge in [-0.1, -0.05) is 103 Å². The lowest BCUT2D eigenvalue weighted by Crippen LogP contribution is -1.97. The van der Waals surface area contributed by atoms with Crippen molar-refractivity contribution in [3.8, 4) is 27.9 Å². The number of rotatable bonds is 3. The van der Waals surface area contributed by atoms with Gasteiger partial charge >= 0.3 is 0 Å². The van der Waals surface area contributed by atoms with Gasteiger partial charge in [-0.05, 0) is 67.4 Å². The van der Waals surface area contributed by atoms with Gasteiger partial charge in [0.2, 0.25) is 0 Å². The molecule has 0 spiro atoms. The largest absolute Gasteiger partial charge is 0.265 e. The van der Waals surface area contributed by atoms with Crippen LogP contribution in [0.2, 0.25) is 0 Å². The van der Waals surface area contributed by atoms with Gasteiger partial charge in [0.25, 0.3) is 0 Å². The van der Waals surface area contributed by atoms with Gasteiger partial charge in [0, 0.05) is 17.8 Å². The van der Waals surface area contributed by atoms with Crippen molar-refractivity contribution >= 4 is 43.4 Å². The Morgan fingerprint density at radius 1 is 0.462 bits per heavy atom. The SMILES string of the molecule is c1ccc(-c2c3ccccc3c(-c3cc4nn(-c5ccncc5)nc4c4ccccc34)c3ccccc23)cc1. The fourth-order valence-corrected chi connectivity index (χ4v) is 5.88. The fourth-order valence-electron chi connectivity index (χ4n) is 5.88. The quantitative estimate of drug-likeness (QED) is 0.229. The van der Waals surface area contributed by atoms with Gasteiger partial charge in [0.05, 0.1) is 5.69 Å². The zero-order valence-electron chi connectivity index (χ0n) is 21.0. The second-order valence-corrected chi connectivity index (χ2v) is 9.74. The molecule has 0 amide bonds. The summed E-state index contributed by atoms with van der Waals surface area (Å²) in [6, 6.07) is 42.8. The Morgan fingerprint density at radius 3 is 1.64 bits per heavy atom. The molecule has 39 heavy (non-hydrogen) atoms. The Bertz CT molecular complexity index is 2110. The minimum Gasteiger partial charge on any atom is -0.265 e.